The minimum Gasteiger partial charge on any atom is -0.207 e. The fourth-order valence-corrected chi connectivity index (χ4v) is 1.13. The van der Waals surface area contributed by atoms with Gasteiger partial charge in [0, 0.05) is 5.41 Å². The zero-order valence-corrected chi connectivity index (χ0v) is 7.76. The van der Waals surface area contributed by atoms with Gasteiger partial charge in [0.25, 0.3) is 0 Å². The molecule has 1 heteroatoms. The Balaban J connectivity index is 3.13. The summed E-state index contributed by atoms with van der Waals surface area (Å²) in [5.74, 6) is -0.223. The SMILES string of the molecule is C=CC(C)(C=C)c1ccc(F)cc1. The highest BCUT2D eigenvalue weighted by molar-refractivity contribution is 5.34. The van der Waals surface area contributed by atoms with E-state index in [0.29, 0.717) is 0 Å². The molecule has 0 bridgehead atoms. The number of benzene rings is 1. The van der Waals surface area contributed by atoms with Gasteiger partial charge in [-0.25, -0.2) is 4.39 Å². The predicted molar refractivity (Wildman–Crippen MR) is 54.1 cm³/mol. The first-order valence-electron chi connectivity index (χ1n) is 4.15. The number of allylic oxidation sites excluding steroid dienone is 2. The van der Waals surface area contributed by atoms with Gasteiger partial charge in [-0.1, -0.05) is 24.3 Å². The van der Waals surface area contributed by atoms with Crippen LogP contribution < -0.4 is 0 Å². The molecule has 0 nitrogen and oxygen atoms in total. The van der Waals surface area contributed by atoms with Crippen molar-refractivity contribution in [3.05, 3.63) is 61.0 Å². The number of hydrogen-bond acceptors (Lipinski definition) is 0. The third-order valence-electron chi connectivity index (χ3n) is 2.31. The largest absolute Gasteiger partial charge is 0.207 e. The summed E-state index contributed by atoms with van der Waals surface area (Å²) in [5, 5.41) is 0. The van der Waals surface area contributed by atoms with Crippen LogP contribution in [0.1, 0.15) is 12.5 Å². The van der Waals surface area contributed by atoms with Crippen LogP contribution in [0.15, 0.2) is 49.6 Å². The Morgan fingerprint density at radius 2 is 1.62 bits per heavy atom. The lowest BCUT2D eigenvalue weighted by Crippen LogP contribution is -2.14. The lowest BCUT2D eigenvalue weighted by atomic mass is 9.83. The van der Waals surface area contributed by atoms with Gasteiger partial charge in [0.2, 0.25) is 0 Å². The van der Waals surface area contributed by atoms with Crippen molar-refractivity contribution in [3.63, 3.8) is 0 Å². The van der Waals surface area contributed by atoms with Gasteiger partial charge in [-0.15, -0.1) is 13.2 Å². The Labute approximate surface area is 78.4 Å². The summed E-state index contributed by atoms with van der Waals surface area (Å²) >= 11 is 0. The highest BCUT2D eigenvalue weighted by Gasteiger charge is 2.17. The third-order valence-corrected chi connectivity index (χ3v) is 2.31. The van der Waals surface area contributed by atoms with E-state index in [2.05, 4.69) is 13.2 Å². The molecule has 0 aliphatic carbocycles. The van der Waals surface area contributed by atoms with Gasteiger partial charge in [0.05, 0.1) is 0 Å². The second kappa shape index (κ2) is 3.56. The Bertz CT molecular complexity index is 300. The van der Waals surface area contributed by atoms with E-state index in [-0.39, 0.29) is 11.2 Å². The molecule has 13 heavy (non-hydrogen) atoms. The Kier molecular flexibility index (Phi) is 2.66. The number of halogens is 1. The standard InChI is InChI=1S/C12H13F/c1-4-12(3,5-2)10-6-8-11(13)9-7-10/h4-9H,1-2H2,3H3. The molecular weight excluding hydrogens is 163 g/mol. The van der Waals surface area contributed by atoms with Crippen molar-refractivity contribution in [2.45, 2.75) is 12.3 Å². The molecule has 0 fully saturated rings. The van der Waals surface area contributed by atoms with E-state index in [0.717, 1.165) is 5.56 Å². The second-order valence-electron chi connectivity index (χ2n) is 3.20. The molecule has 0 amide bonds. The Morgan fingerprint density at radius 3 is 2.00 bits per heavy atom. The van der Waals surface area contributed by atoms with Crippen LogP contribution >= 0.6 is 0 Å². The molecule has 0 radical (unpaired) electrons. The van der Waals surface area contributed by atoms with Crippen molar-refractivity contribution in [1.82, 2.24) is 0 Å². The van der Waals surface area contributed by atoms with Crippen molar-refractivity contribution >= 4 is 0 Å². The van der Waals surface area contributed by atoms with Crippen LogP contribution in [0.4, 0.5) is 4.39 Å². The maximum Gasteiger partial charge on any atom is 0.123 e. The topological polar surface area (TPSA) is 0 Å². The maximum absolute atomic E-state index is 12.6. The summed E-state index contributed by atoms with van der Waals surface area (Å²) in [6, 6.07) is 6.39. The number of hydrogen-bond donors (Lipinski definition) is 0. The summed E-state index contributed by atoms with van der Waals surface area (Å²) in [5.41, 5.74) is 0.729. The van der Waals surface area contributed by atoms with Gasteiger partial charge in [0.1, 0.15) is 5.82 Å². The van der Waals surface area contributed by atoms with E-state index in [4.69, 9.17) is 0 Å². The molecule has 1 aromatic carbocycles. The summed E-state index contributed by atoms with van der Waals surface area (Å²) in [6.07, 6.45) is 3.60. The van der Waals surface area contributed by atoms with Crippen LogP contribution in [-0.2, 0) is 5.41 Å². The molecule has 0 atom stereocenters. The summed E-state index contributed by atoms with van der Waals surface area (Å²) in [7, 11) is 0. The molecule has 0 heterocycles. The molecule has 0 aromatic heterocycles. The van der Waals surface area contributed by atoms with Crippen molar-refractivity contribution in [3.8, 4) is 0 Å². The molecular formula is C12H13F. The fraction of sp³-hybridized carbons (Fsp3) is 0.167. The summed E-state index contributed by atoms with van der Waals surface area (Å²) in [6.45, 7) is 9.46. The molecule has 1 rings (SSSR count). The van der Waals surface area contributed by atoms with Gasteiger partial charge in [-0.3, -0.25) is 0 Å². The lowest BCUT2D eigenvalue weighted by molar-refractivity contribution is 0.625. The van der Waals surface area contributed by atoms with E-state index in [1.807, 2.05) is 6.92 Å². The van der Waals surface area contributed by atoms with Gasteiger partial charge in [-0.2, -0.15) is 0 Å². The molecule has 0 spiro atoms. The minimum absolute atomic E-state index is 0.223. The van der Waals surface area contributed by atoms with Crippen LogP contribution in [0, 0.1) is 5.82 Å². The number of rotatable bonds is 3. The first-order valence-corrected chi connectivity index (χ1v) is 4.15. The van der Waals surface area contributed by atoms with E-state index >= 15 is 0 Å². The maximum atomic E-state index is 12.6. The zero-order valence-electron chi connectivity index (χ0n) is 7.76. The van der Waals surface area contributed by atoms with Crippen molar-refractivity contribution in [2.75, 3.05) is 0 Å². The van der Waals surface area contributed by atoms with Crippen molar-refractivity contribution in [1.29, 1.82) is 0 Å². The highest BCUT2D eigenvalue weighted by Crippen LogP contribution is 2.25. The normalized spacial score (nSPS) is 10.9. The van der Waals surface area contributed by atoms with E-state index < -0.39 is 0 Å². The highest BCUT2D eigenvalue weighted by atomic mass is 19.1. The molecule has 0 aliphatic heterocycles. The molecule has 0 unspecified atom stereocenters. The minimum atomic E-state index is -0.270. The van der Waals surface area contributed by atoms with Crippen LogP contribution in [0.3, 0.4) is 0 Å². The average molecular weight is 176 g/mol. The van der Waals surface area contributed by atoms with E-state index in [1.165, 1.54) is 12.1 Å². The second-order valence-corrected chi connectivity index (χ2v) is 3.20. The van der Waals surface area contributed by atoms with Crippen LogP contribution in [0.25, 0.3) is 0 Å². The monoisotopic (exact) mass is 176 g/mol. The van der Waals surface area contributed by atoms with Crippen LogP contribution in [-0.4, -0.2) is 0 Å². The van der Waals surface area contributed by atoms with Crippen molar-refractivity contribution < 1.29 is 4.39 Å². The lowest BCUT2D eigenvalue weighted by Gasteiger charge is -2.21. The fourth-order valence-electron chi connectivity index (χ4n) is 1.13. The Hall–Kier alpha value is -1.37. The summed E-state index contributed by atoms with van der Waals surface area (Å²) in [4.78, 5) is 0. The van der Waals surface area contributed by atoms with Crippen LogP contribution in [0.5, 0.6) is 0 Å². The summed E-state index contributed by atoms with van der Waals surface area (Å²) < 4.78 is 12.6. The molecule has 1 aromatic rings. The van der Waals surface area contributed by atoms with Gasteiger partial charge in [0.15, 0.2) is 0 Å². The zero-order chi connectivity index (χ0) is 9.90. The van der Waals surface area contributed by atoms with E-state index in [9.17, 15) is 4.39 Å². The molecule has 0 N–H and O–H groups in total. The van der Waals surface area contributed by atoms with Gasteiger partial charge >= 0.3 is 0 Å². The Morgan fingerprint density at radius 1 is 1.15 bits per heavy atom. The molecule has 0 saturated carbocycles. The smallest absolute Gasteiger partial charge is 0.123 e. The van der Waals surface area contributed by atoms with Crippen molar-refractivity contribution in [2.24, 2.45) is 0 Å². The first kappa shape index (κ1) is 9.72. The third kappa shape index (κ3) is 1.86. The van der Waals surface area contributed by atoms with Crippen LogP contribution in [0.2, 0.25) is 0 Å². The average Bonchev–Trinajstić information content (AvgIpc) is 2.18. The molecule has 0 aliphatic rings. The molecule has 68 valence electrons. The predicted octanol–water partition coefficient (Wildman–Crippen LogP) is 3.46. The first-order chi connectivity index (χ1) is 6.12. The quantitative estimate of drug-likeness (QED) is 0.619. The van der Waals surface area contributed by atoms with Gasteiger partial charge in [-0.05, 0) is 24.6 Å². The van der Waals surface area contributed by atoms with Gasteiger partial charge < -0.3 is 0 Å². The molecule has 0 saturated heterocycles. The van der Waals surface area contributed by atoms with E-state index in [1.54, 1.807) is 24.3 Å².